The van der Waals surface area contributed by atoms with Crippen LogP contribution in [0.4, 0.5) is 10.1 Å². The normalized spacial score (nSPS) is 17.0. The lowest BCUT2D eigenvalue weighted by molar-refractivity contribution is 0.0705. The van der Waals surface area contributed by atoms with Gasteiger partial charge in [0.15, 0.2) is 0 Å². The third-order valence-electron chi connectivity index (χ3n) is 5.50. The topological polar surface area (TPSA) is 66.3 Å². The number of hydrogen-bond acceptors (Lipinski definition) is 5. The highest BCUT2D eigenvalue weighted by Gasteiger charge is 2.30. The Balaban J connectivity index is 0.00000225. The van der Waals surface area contributed by atoms with Gasteiger partial charge < -0.3 is 19.7 Å². The molecule has 2 aromatic rings. The van der Waals surface area contributed by atoms with Gasteiger partial charge in [-0.2, -0.15) is 0 Å². The van der Waals surface area contributed by atoms with Crippen LogP contribution in [0.2, 0.25) is 0 Å². The van der Waals surface area contributed by atoms with Gasteiger partial charge in [0.1, 0.15) is 17.5 Å². The van der Waals surface area contributed by atoms with E-state index in [4.69, 9.17) is 0 Å². The number of nitrogens with zero attached hydrogens (tertiary/aromatic N) is 5. The highest BCUT2D eigenvalue weighted by Crippen LogP contribution is 2.29. The Hall–Kier alpha value is -2.19. The van der Waals surface area contributed by atoms with Crippen LogP contribution in [0.3, 0.4) is 0 Å². The van der Waals surface area contributed by atoms with Crippen molar-refractivity contribution in [1.29, 1.82) is 0 Å². The van der Waals surface area contributed by atoms with E-state index in [1.165, 1.54) is 6.07 Å². The second kappa shape index (κ2) is 8.45. The molecule has 2 aliphatic heterocycles. The molecule has 0 saturated carbocycles. The van der Waals surface area contributed by atoms with Gasteiger partial charge in [-0.25, -0.2) is 4.39 Å². The Bertz CT molecular complexity index is 847. The van der Waals surface area contributed by atoms with Gasteiger partial charge in [-0.3, -0.25) is 4.79 Å². The quantitative estimate of drug-likeness (QED) is 0.841. The van der Waals surface area contributed by atoms with Crippen LogP contribution in [0.25, 0.3) is 0 Å². The lowest BCUT2D eigenvalue weighted by Crippen LogP contribution is -2.39. The van der Waals surface area contributed by atoms with Crippen molar-refractivity contribution in [2.75, 3.05) is 38.6 Å². The largest absolute Gasteiger partial charge is 0.378 e. The third kappa shape index (κ3) is 3.84. The maximum Gasteiger partial charge on any atom is 0.256 e. The third-order valence-corrected chi connectivity index (χ3v) is 5.50. The number of nitrogens with one attached hydrogen (secondary N) is 1. The average Bonchev–Trinajstić information content (AvgIpc) is 3.11. The summed E-state index contributed by atoms with van der Waals surface area (Å²) in [6.07, 6.45) is 1.66. The zero-order valence-corrected chi connectivity index (χ0v) is 17.0. The van der Waals surface area contributed by atoms with E-state index >= 15 is 0 Å². The van der Waals surface area contributed by atoms with Crippen molar-refractivity contribution in [2.24, 2.45) is 0 Å². The van der Waals surface area contributed by atoms with Crippen molar-refractivity contribution >= 4 is 24.0 Å². The highest BCUT2D eigenvalue weighted by atomic mass is 35.5. The van der Waals surface area contributed by atoms with Gasteiger partial charge in [0.2, 0.25) is 0 Å². The maximum atomic E-state index is 14.4. The number of amides is 1. The maximum absolute atomic E-state index is 14.4. The first-order valence-corrected chi connectivity index (χ1v) is 9.43. The minimum atomic E-state index is -0.465. The fourth-order valence-electron chi connectivity index (χ4n) is 3.88. The molecule has 0 spiro atoms. The Labute approximate surface area is 170 Å². The number of hydrogen-bond donors (Lipinski definition) is 1. The molecule has 9 heteroatoms. The highest BCUT2D eigenvalue weighted by molar-refractivity contribution is 5.95. The van der Waals surface area contributed by atoms with E-state index in [-0.39, 0.29) is 23.9 Å². The Morgan fingerprint density at radius 3 is 2.64 bits per heavy atom. The number of benzene rings is 1. The molecule has 0 aliphatic carbocycles. The van der Waals surface area contributed by atoms with E-state index in [9.17, 15) is 9.18 Å². The molecule has 1 fully saturated rings. The molecule has 152 valence electrons. The second-order valence-corrected chi connectivity index (χ2v) is 7.43. The fraction of sp³-hybridized carbons (Fsp3) is 0.526. The molecule has 0 atom stereocenters. The summed E-state index contributed by atoms with van der Waals surface area (Å²) in [7, 11) is 3.70. The lowest BCUT2D eigenvalue weighted by atomic mass is 9.95. The van der Waals surface area contributed by atoms with Crippen molar-refractivity contribution in [1.82, 2.24) is 25.0 Å². The summed E-state index contributed by atoms with van der Waals surface area (Å²) >= 11 is 0. The van der Waals surface area contributed by atoms with Crippen molar-refractivity contribution in [2.45, 2.75) is 31.8 Å². The number of fused-ring (bicyclic) bond motifs is 1. The van der Waals surface area contributed by atoms with Crippen molar-refractivity contribution in [3.63, 3.8) is 0 Å². The standard InChI is InChI=1S/C19H25FN6O.ClH/c1-24(2)14-3-4-15(16(20)11-14)19(27)25-8-5-13(6-9-25)18-23-22-17-12-21-7-10-26(17)18;/h3-4,11,13,21H,5-10,12H2,1-2H3;1H. The van der Waals surface area contributed by atoms with E-state index in [0.717, 1.165) is 49.8 Å². The van der Waals surface area contributed by atoms with Crippen LogP contribution in [-0.4, -0.2) is 59.3 Å². The van der Waals surface area contributed by atoms with Gasteiger partial charge in [-0.15, -0.1) is 22.6 Å². The molecule has 4 rings (SSSR count). The molecule has 1 aromatic heterocycles. The van der Waals surface area contributed by atoms with Gasteiger partial charge in [-0.1, -0.05) is 0 Å². The molecule has 28 heavy (non-hydrogen) atoms. The van der Waals surface area contributed by atoms with Gasteiger partial charge in [0, 0.05) is 51.9 Å². The number of carbonyl (C=O) groups excluding carboxylic acids is 1. The number of likely N-dealkylation sites (tertiary alicyclic amines) is 1. The molecule has 1 aromatic carbocycles. The van der Waals surface area contributed by atoms with E-state index in [1.807, 2.05) is 19.0 Å². The van der Waals surface area contributed by atoms with Crippen LogP contribution in [-0.2, 0) is 13.1 Å². The molecular weight excluding hydrogens is 383 g/mol. The van der Waals surface area contributed by atoms with E-state index < -0.39 is 5.82 Å². The van der Waals surface area contributed by atoms with Gasteiger partial charge in [0.25, 0.3) is 5.91 Å². The summed E-state index contributed by atoms with van der Waals surface area (Å²) in [5.41, 5.74) is 0.888. The van der Waals surface area contributed by atoms with Gasteiger partial charge >= 0.3 is 0 Å². The molecule has 0 unspecified atom stereocenters. The number of anilines is 1. The summed E-state index contributed by atoms with van der Waals surface area (Å²) in [5, 5.41) is 12.0. The Morgan fingerprint density at radius 1 is 1.21 bits per heavy atom. The van der Waals surface area contributed by atoms with Crippen LogP contribution in [0, 0.1) is 5.82 Å². The summed E-state index contributed by atoms with van der Waals surface area (Å²) in [4.78, 5) is 16.3. The first kappa shape index (κ1) is 20.5. The van der Waals surface area contributed by atoms with Crippen LogP contribution >= 0.6 is 12.4 Å². The van der Waals surface area contributed by atoms with Crippen LogP contribution in [0.15, 0.2) is 18.2 Å². The first-order chi connectivity index (χ1) is 13.0. The number of aromatic nitrogens is 3. The van der Waals surface area contributed by atoms with E-state index in [2.05, 4.69) is 20.1 Å². The van der Waals surface area contributed by atoms with Crippen LogP contribution < -0.4 is 10.2 Å². The van der Waals surface area contributed by atoms with Crippen molar-refractivity contribution < 1.29 is 9.18 Å². The minimum absolute atomic E-state index is 0. The molecule has 3 heterocycles. The number of rotatable bonds is 3. The molecule has 1 amide bonds. The Morgan fingerprint density at radius 2 is 1.96 bits per heavy atom. The van der Waals surface area contributed by atoms with E-state index in [1.54, 1.807) is 17.0 Å². The van der Waals surface area contributed by atoms with Crippen molar-refractivity contribution in [3.05, 3.63) is 41.2 Å². The zero-order valence-electron chi connectivity index (χ0n) is 16.2. The SMILES string of the molecule is CN(C)c1ccc(C(=O)N2CCC(c3nnc4n3CCNC4)CC2)c(F)c1.Cl. The molecule has 1 saturated heterocycles. The average molecular weight is 409 g/mol. The van der Waals surface area contributed by atoms with Gasteiger partial charge in [-0.05, 0) is 31.0 Å². The lowest BCUT2D eigenvalue weighted by Gasteiger charge is -2.32. The molecule has 0 radical (unpaired) electrons. The number of halogens is 2. The summed E-state index contributed by atoms with van der Waals surface area (Å²) < 4.78 is 16.6. The first-order valence-electron chi connectivity index (χ1n) is 9.43. The second-order valence-electron chi connectivity index (χ2n) is 7.43. The predicted molar refractivity (Wildman–Crippen MR) is 108 cm³/mol. The summed E-state index contributed by atoms with van der Waals surface area (Å²) in [5.74, 6) is 1.61. The van der Waals surface area contributed by atoms with Crippen LogP contribution in [0.1, 0.15) is 40.8 Å². The van der Waals surface area contributed by atoms with Gasteiger partial charge in [0.05, 0.1) is 12.1 Å². The molecule has 1 N–H and O–H groups in total. The van der Waals surface area contributed by atoms with E-state index in [0.29, 0.717) is 19.0 Å². The summed E-state index contributed by atoms with van der Waals surface area (Å²) in [6.45, 7) is 3.79. The Kier molecular flexibility index (Phi) is 6.20. The number of piperidine rings is 1. The van der Waals surface area contributed by atoms with Crippen molar-refractivity contribution in [3.8, 4) is 0 Å². The minimum Gasteiger partial charge on any atom is -0.378 e. The molecule has 7 nitrogen and oxygen atoms in total. The monoisotopic (exact) mass is 408 g/mol. The van der Waals surface area contributed by atoms with Crippen LogP contribution in [0.5, 0.6) is 0 Å². The fourth-order valence-corrected chi connectivity index (χ4v) is 3.88. The predicted octanol–water partition coefficient (Wildman–Crippen LogP) is 2.03. The smallest absolute Gasteiger partial charge is 0.256 e. The summed E-state index contributed by atoms with van der Waals surface area (Å²) in [6, 6.07) is 4.77. The molecule has 0 bridgehead atoms. The number of carbonyl (C=O) groups is 1. The molecule has 2 aliphatic rings. The molecular formula is C19H26ClFN6O. The zero-order chi connectivity index (χ0) is 19.0.